The van der Waals surface area contributed by atoms with Crippen LogP contribution in [0.2, 0.25) is 0 Å². The van der Waals surface area contributed by atoms with Crippen molar-refractivity contribution in [3.05, 3.63) is 23.8 Å². The lowest BCUT2D eigenvalue weighted by Gasteiger charge is -2.16. The molecule has 0 saturated heterocycles. The fourth-order valence-electron chi connectivity index (χ4n) is 2.32. The number of aldehydes is 1. The maximum Gasteiger partial charge on any atom is 0.489 e. The van der Waals surface area contributed by atoms with E-state index in [4.69, 9.17) is 14.8 Å². The van der Waals surface area contributed by atoms with Gasteiger partial charge in [-0.1, -0.05) is 32.8 Å². The van der Waals surface area contributed by atoms with Gasteiger partial charge in [0.2, 0.25) is 0 Å². The Hall–Kier alpha value is -1.33. The van der Waals surface area contributed by atoms with Crippen molar-refractivity contribution < 1.29 is 19.6 Å². The summed E-state index contributed by atoms with van der Waals surface area (Å²) in [6.45, 7) is 4.94. The van der Waals surface area contributed by atoms with Crippen molar-refractivity contribution in [1.29, 1.82) is 0 Å². The number of hydrogen-bond donors (Lipinski definition) is 2. The molecule has 0 heterocycles. The van der Waals surface area contributed by atoms with E-state index >= 15 is 0 Å². The molecule has 0 aliphatic rings. The van der Waals surface area contributed by atoms with Gasteiger partial charge in [0.15, 0.2) is 0 Å². The minimum absolute atomic E-state index is 0.200. The molecule has 1 aromatic carbocycles. The highest BCUT2D eigenvalue weighted by Gasteiger charge is 2.16. The minimum Gasteiger partial charge on any atom is -0.493 e. The Labute approximate surface area is 120 Å². The number of ether oxygens (including phenoxy) is 1. The zero-order valence-corrected chi connectivity index (χ0v) is 12.2. The molecule has 1 rings (SSSR count). The highest BCUT2D eigenvalue weighted by atomic mass is 16.5. The molecule has 0 unspecified atom stereocenters. The molecule has 0 spiro atoms. The summed E-state index contributed by atoms with van der Waals surface area (Å²) in [5, 5.41) is 18.3. The third-order valence-corrected chi connectivity index (χ3v) is 3.34. The van der Waals surface area contributed by atoms with Crippen LogP contribution >= 0.6 is 0 Å². The van der Waals surface area contributed by atoms with Gasteiger partial charge in [-0.3, -0.25) is 4.79 Å². The van der Waals surface area contributed by atoms with Crippen molar-refractivity contribution in [2.75, 3.05) is 6.61 Å². The third-order valence-electron chi connectivity index (χ3n) is 3.34. The van der Waals surface area contributed by atoms with E-state index in [0.29, 0.717) is 24.6 Å². The van der Waals surface area contributed by atoms with Crippen LogP contribution in [-0.4, -0.2) is 30.1 Å². The average molecular weight is 278 g/mol. The van der Waals surface area contributed by atoms with E-state index in [9.17, 15) is 4.79 Å². The van der Waals surface area contributed by atoms with Crippen molar-refractivity contribution in [1.82, 2.24) is 0 Å². The topological polar surface area (TPSA) is 66.8 Å². The molecular weight excluding hydrogens is 255 g/mol. The smallest absolute Gasteiger partial charge is 0.489 e. The van der Waals surface area contributed by atoms with E-state index in [1.807, 2.05) is 0 Å². The van der Waals surface area contributed by atoms with Gasteiger partial charge in [0.1, 0.15) is 12.0 Å². The minimum atomic E-state index is -1.64. The first-order valence-corrected chi connectivity index (χ1v) is 7.20. The summed E-state index contributed by atoms with van der Waals surface area (Å²) in [5.41, 5.74) is 0.450. The number of benzene rings is 1. The molecule has 0 saturated carbocycles. The van der Waals surface area contributed by atoms with Crippen molar-refractivity contribution in [2.24, 2.45) is 5.92 Å². The summed E-state index contributed by atoms with van der Waals surface area (Å²) in [7, 11) is -1.64. The Morgan fingerprint density at radius 2 is 1.90 bits per heavy atom. The predicted molar refractivity (Wildman–Crippen MR) is 80.5 cm³/mol. The van der Waals surface area contributed by atoms with E-state index in [2.05, 4.69) is 13.8 Å². The van der Waals surface area contributed by atoms with E-state index in [1.165, 1.54) is 6.07 Å². The molecule has 0 aromatic heterocycles. The van der Waals surface area contributed by atoms with Gasteiger partial charge in [-0.15, -0.1) is 0 Å². The Balaban J connectivity index is 2.70. The van der Waals surface area contributed by atoms with Crippen molar-refractivity contribution in [3.8, 4) is 5.75 Å². The quantitative estimate of drug-likeness (QED) is 0.533. The molecule has 1 aromatic rings. The Morgan fingerprint density at radius 3 is 2.40 bits per heavy atom. The second-order valence-corrected chi connectivity index (χ2v) is 5.04. The summed E-state index contributed by atoms with van der Waals surface area (Å²) in [6, 6.07) is 4.73. The largest absolute Gasteiger partial charge is 0.493 e. The lowest BCUT2D eigenvalue weighted by atomic mass is 9.77. The lowest BCUT2D eigenvalue weighted by Crippen LogP contribution is -2.32. The first kappa shape index (κ1) is 16.7. The van der Waals surface area contributed by atoms with Gasteiger partial charge in [-0.2, -0.15) is 0 Å². The Bertz CT molecular complexity index is 414. The first-order valence-electron chi connectivity index (χ1n) is 7.20. The maximum absolute atomic E-state index is 10.9. The van der Waals surface area contributed by atoms with Crippen LogP contribution in [0.15, 0.2) is 18.2 Å². The summed E-state index contributed by atoms with van der Waals surface area (Å²) in [6.07, 6.45) is 5.12. The van der Waals surface area contributed by atoms with Crippen LogP contribution in [0.25, 0.3) is 0 Å². The number of rotatable bonds is 9. The summed E-state index contributed by atoms with van der Waals surface area (Å²) in [5.74, 6) is 1.11. The fraction of sp³-hybridized carbons (Fsp3) is 0.533. The van der Waals surface area contributed by atoms with Gasteiger partial charge in [0, 0.05) is 5.56 Å². The standard InChI is InChI=1S/C15H23BO4/c1-3-5-12(6-4-2)11-20-14-7-8-15(16(18)19)13(9-14)10-17/h7-10,12,18-19H,3-6,11H2,1-2H3. The van der Waals surface area contributed by atoms with Crippen LogP contribution in [0.1, 0.15) is 49.9 Å². The van der Waals surface area contributed by atoms with Crippen molar-refractivity contribution in [2.45, 2.75) is 39.5 Å². The molecule has 5 heteroatoms. The van der Waals surface area contributed by atoms with Crippen LogP contribution in [-0.2, 0) is 0 Å². The highest BCUT2D eigenvalue weighted by Crippen LogP contribution is 2.17. The van der Waals surface area contributed by atoms with E-state index < -0.39 is 7.12 Å². The number of carbonyl (C=O) groups is 1. The van der Waals surface area contributed by atoms with E-state index in [-0.39, 0.29) is 11.0 Å². The Morgan fingerprint density at radius 1 is 1.25 bits per heavy atom. The van der Waals surface area contributed by atoms with E-state index in [1.54, 1.807) is 12.1 Å². The van der Waals surface area contributed by atoms with E-state index in [0.717, 1.165) is 25.7 Å². The molecule has 0 fully saturated rings. The van der Waals surface area contributed by atoms with Gasteiger partial charge < -0.3 is 14.8 Å². The molecule has 0 aliphatic carbocycles. The molecule has 0 aliphatic heterocycles. The normalized spacial score (nSPS) is 10.7. The number of carbonyl (C=O) groups excluding carboxylic acids is 1. The molecule has 0 amide bonds. The second kappa shape index (κ2) is 8.77. The van der Waals surface area contributed by atoms with Crippen LogP contribution in [0.5, 0.6) is 5.75 Å². The lowest BCUT2D eigenvalue weighted by molar-refractivity contribution is 0.112. The van der Waals surface area contributed by atoms with Crippen molar-refractivity contribution in [3.63, 3.8) is 0 Å². The summed E-state index contributed by atoms with van der Waals surface area (Å²) >= 11 is 0. The zero-order valence-electron chi connectivity index (χ0n) is 12.2. The molecule has 20 heavy (non-hydrogen) atoms. The molecule has 110 valence electrons. The Kier molecular flexibility index (Phi) is 7.33. The molecule has 0 bridgehead atoms. The molecule has 0 radical (unpaired) electrons. The van der Waals surface area contributed by atoms with Crippen LogP contribution < -0.4 is 10.2 Å². The summed E-state index contributed by atoms with van der Waals surface area (Å²) < 4.78 is 5.73. The molecule has 2 N–H and O–H groups in total. The van der Waals surface area contributed by atoms with Crippen molar-refractivity contribution >= 4 is 18.9 Å². The molecule has 4 nitrogen and oxygen atoms in total. The van der Waals surface area contributed by atoms with Gasteiger partial charge in [0.25, 0.3) is 0 Å². The van der Waals surface area contributed by atoms with Gasteiger partial charge in [-0.05, 0) is 36.4 Å². The fourth-order valence-corrected chi connectivity index (χ4v) is 2.32. The first-order chi connectivity index (χ1) is 9.62. The van der Waals surface area contributed by atoms with Crippen LogP contribution in [0.4, 0.5) is 0 Å². The SMILES string of the molecule is CCCC(CCC)COc1ccc(B(O)O)c(C=O)c1. The highest BCUT2D eigenvalue weighted by molar-refractivity contribution is 6.60. The second-order valence-electron chi connectivity index (χ2n) is 5.04. The van der Waals surface area contributed by atoms with Gasteiger partial charge in [0.05, 0.1) is 6.61 Å². The van der Waals surface area contributed by atoms with Crippen LogP contribution in [0.3, 0.4) is 0 Å². The van der Waals surface area contributed by atoms with Crippen LogP contribution in [0, 0.1) is 5.92 Å². The van der Waals surface area contributed by atoms with Gasteiger partial charge >= 0.3 is 7.12 Å². The zero-order chi connectivity index (χ0) is 15.0. The van der Waals surface area contributed by atoms with Gasteiger partial charge in [-0.25, -0.2) is 0 Å². The maximum atomic E-state index is 10.9. The monoisotopic (exact) mass is 278 g/mol. The third kappa shape index (κ3) is 4.98. The number of hydrogen-bond acceptors (Lipinski definition) is 4. The summed E-state index contributed by atoms with van der Waals surface area (Å²) in [4.78, 5) is 10.9. The predicted octanol–water partition coefficient (Wildman–Crippen LogP) is 1.77. The molecule has 0 atom stereocenters. The average Bonchev–Trinajstić information content (AvgIpc) is 2.44. The molecular formula is C15H23BO4.